The molecule has 1 aliphatic rings. The lowest BCUT2D eigenvalue weighted by Crippen LogP contribution is -2.60. The molecule has 180 valence electrons. The van der Waals surface area contributed by atoms with Crippen LogP contribution in [0.5, 0.6) is 28.7 Å². The minimum absolute atomic E-state index is 0.00362. The highest BCUT2D eigenvalue weighted by molar-refractivity contribution is 6.30. The van der Waals surface area contributed by atoms with Crippen LogP contribution >= 0.6 is 11.6 Å². The summed E-state index contributed by atoms with van der Waals surface area (Å²) >= 11 is 6.27. The molecule has 33 heavy (non-hydrogen) atoms. The minimum atomic E-state index is -1.17. The summed E-state index contributed by atoms with van der Waals surface area (Å²) in [6.07, 6.45) is 1.89. The van der Waals surface area contributed by atoms with Crippen molar-refractivity contribution in [2.24, 2.45) is 5.73 Å². The van der Waals surface area contributed by atoms with E-state index in [1.165, 1.54) is 0 Å². The normalized spacial score (nSPS) is 20.1. The summed E-state index contributed by atoms with van der Waals surface area (Å²) in [6, 6.07) is 5.36. The lowest BCUT2D eigenvalue weighted by Gasteiger charge is -2.45. The van der Waals surface area contributed by atoms with Crippen LogP contribution in [0.1, 0.15) is 61.6 Å². The Morgan fingerprint density at radius 3 is 2.12 bits per heavy atom. The van der Waals surface area contributed by atoms with Crippen molar-refractivity contribution in [3.8, 4) is 28.7 Å². The topological polar surface area (TPSA) is 151 Å². The third kappa shape index (κ3) is 4.42. The van der Waals surface area contributed by atoms with Crippen molar-refractivity contribution in [1.29, 1.82) is 0 Å². The molecule has 1 aliphatic carbocycles. The first-order valence-electron chi connectivity index (χ1n) is 10.9. The van der Waals surface area contributed by atoms with Crippen molar-refractivity contribution < 1.29 is 30.6 Å². The first-order valence-corrected chi connectivity index (χ1v) is 11.2. The smallest absolute Gasteiger partial charge is 0.208 e. The molecular formula is C23H32BClN2O6. The number of nitrogens with two attached hydrogens (primary N) is 1. The van der Waals surface area contributed by atoms with Gasteiger partial charge in [-0.2, -0.15) is 0 Å². The molecule has 0 aromatic heterocycles. The number of hydrogen-bond acceptors (Lipinski definition) is 8. The van der Waals surface area contributed by atoms with Gasteiger partial charge >= 0.3 is 0 Å². The van der Waals surface area contributed by atoms with Crippen molar-refractivity contribution in [3.05, 3.63) is 39.9 Å². The lowest BCUT2D eigenvalue weighted by molar-refractivity contribution is -0.0707. The maximum absolute atomic E-state index is 10.6. The first-order chi connectivity index (χ1) is 15.2. The Morgan fingerprint density at radius 1 is 1.03 bits per heavy atom. The second kappa shape index (κ2) is 8.79. The Balaban J connectivity index is 1.97. The van der Waals surface area contributed by atoms with E-state index >= 15 is 0 Å². The number of aromatic hydroxyl groups is 5. The van der Waals surface area contributed by atoms with Crippen molar-refractivity contribution >= 4 is 19.4 Å². The van der Waals surface area contributed by atoms with E-state index in [1.807, 2.05) is 31.9 Å². The van der Waals surface area contributed by atoms with Crippen LogP contribution in [0.4, 0.5) is 0 Å². The average Bonchev–Trinajstić information content (AvgIpc) is 3.11. The SMILES string of the molecule is BC(O)(CN)N(C)C(C)(C)CC[C@@H]1C[C@@H](c2c(O)c(O)c(O)c(O)c2O)c2ccc(Cl)cc21. The van der Waals surface area contributed by atoms with Crippen LogP contribution in [0, 0.1) is 0 Å². The van der Waals surface area contributed by atoms with E-state index in [4.69, 9.17) is 17.3 Å². The van der Waals surface area contributed by atoms with Crippen molar-refractivity contribution in [2.75, 3.05) is 13.6 Å². The van der Waals surface area contributed by atoms with Gasteiger partial charge < -0.3 is 36.4 Å². The number of fused-ring (bicyclic) bond motifs is 1. The molecular weight excluding hydrogens is 447 g/mol. The standard InChI is InChI=1S/C23H32BClN2O6/c1-22(2,27(3)23(24,33)10-26)7-6-11-8-15(13-5-4-12(25)9-14(11)13)16-17(28)19(30)21(32)20(31)18(16)29/h4-5,9,11,15,28-33H,6-8,10,24,26H2,1-3H3/t11-,15-,23?/m1/s1. The molecule has 8 nitrogen and oxygen atoms in total. The molecule has 0 spiro atoms. The molecule has 1 unspecified atom stereocenters. The van der Waals surface area contributed by atoms with Crippen LogP contribution in [0.3, 0.4) is 0 Å². The number of benzene rings is 2. The number of halogens is 1. The average molecular weight is 479 g/mol. The summed E-state index contributed by atoms with van der Waals surface area (Å²) in [4.78, 5) is 1.85. The number of nitrogens with zero attached hydrogens (tertiary/aromatic N) is 1. The summed E-state index contributed by atoms with van der Waals surface area (Å²) in [5, 5.41) is 62.0. The zero-order valence-electron chi connectivity index (χ0n) is 19.3. The van der Waals surface area contributed by atoms with Crippen molar-refractivity contribution in [1.82, 2.24) is 4.90 Å². The number of hydrogen-bond donors (Lipinski definition) is 7. The predicted molar refractivity (Wildman–Crippen MR) is 129 cm³/mol. The van der Waals surface area contributed by atoms with Crippen LogP contribution < -0.4 is 5.73 Å². The van der Waals surface area contributed by atoms with Crippen LogP contribution in [0.25, 0.3) is 0 Å². The second-order valence-electron chi connectivity index (χ2n) is 9.75. The molecule has 3 rings (SSSR count). The maximum Gasteiger partial charge on any atom is 0.208 e. The number of phenolic OH excluding ortho intramolecular Hbond substituents is 5. The monoisotopic (exact) mass is 478 g/mol. The van der Waals surface area contributed by atoms with Gasteiger partial charge in [0, 0.05) is 23.0 Å². The molecule has 8 N–H and O–H groups in total. The van der Waals surface area contributed by atoms with Crippen LogP contribution in [0.15, 0.2) is 18.2 Å². The fraction of sp³-hybridized carbons (Fsp3) is 0.478. The quantitative estimate of drug-likeness (QED) is 0.138. The Kier molecular flexibility index (Phi) is 6.74. The summed E-state index contributed by atoms with van der Waals surface area (Å²) < 4.78 is 0. The number of aliphatic hydroxyl groups is 1. The number of likely N-dealkylation sites (N-methyl/N-ethyl adjacent to an activating group) is 1. The Hall–Kier alpha value is -2.33. The molecule has 0 fully saturated rings. The maximum atomic E-state index is 10.6. The number of rotatable bonds is 7. The Bertz CT molecular complexity index is 1030. The fourth-order valence-electron chi connectivity index (χ4n) is 4.82. The third-order valence-corrected chi connectivity index (χ3v) is 7.50. The molecule has 0 heterocycles. The Labute approximate surface area is 199 Å². The van der Waals surface area contributed by atoms with E-state index in [0.29, 0.717) is 24.3 Å². The molecule has 0 aliphatic heterocycles. The Morgan fingerprint density at radius 2 is 1.58 bits per heavy atom. The van der Waals surface area contributed by atoms with Crippen LogP contribution in [0.2, 0.25) is 5.02 Å². The van der Waals surface area contributed by atoms with Gasteiger partial charge in [-0.15, -0.1) is 0 Å². The van der Waals surface area contributed by atoms with Gasteiger partial charge in [-0.3, -0.25) is 4.90 Å². The van der Waals surface area contributed by atoms with Crippen molar-refractivity contribution in [3.63, 3.8) is 0 Å². The van der Waals surface area contributed by atoms with E-state index in [0.717, 1.165) is 11.1 Å². The van der Waals surface area contributed by atoms with E-state index in [9.17, 15) is 30.6 Å². The van der Waals surface area contributed by atoms with Gasteiger partial charge in [0.1, 0.15) is 0 Å². The molecule has 2 aromatic carbocycles. The molecule has 0 radical (unpaired) electrons. The molecule has 0 saturated carbocycles. The summed E-state index contributed by atoms with van der Waals surface area (Å²) in [5.41, 5.74) is 5.89. The zero-order valence-corrected chi connectivity index (χ0v) is 20.1. The summed E-state index contributed by atoms with van der Waals surface area (Å²) in [6.45, 7) is 4.13. The third-order valence-electron chi connectivity index (χ3n) is 7.26. The van der Waals surface area contributed by atoms with Gasteiger partial charge in [0.15, 0.2) is 19.3 Å². The molecule has 0 saturated heterocycles. The van der Waals surface area contributed by atoms with Gasteiger partial charge in [-0.1, -0.05) is 17.7 Å². The predicted octanol–water partition coefficient (Wildman–Crippen LogP) is 2.22. The highest BCUT2D eigenvalue weighted by Crippen LogP contribution is 2.58. The van der Waals surface area contributed by atoms with E-state index < -0.39 is 40.3 Å². The van der Waals surface area contributed by atoms with E-state index in [2.05, 4.69) is 0 Å². The highest BCUT2D eigenvalue weighted by Gasteiger charge is 2.40. The van der Waals surface area contributed by atoms with Crippen LogP contribution in [-0.2, 0) is 0 Å². The fourth-order valence-corrected chi connectivity index (χ4v) is 5.00. The molecule has 0 amide bonds. The van der Waals surface area contributed by atoms with Crippen molar-refractivity contribution in [2.45, 2.75) is 56.1 Å². The zero-order chi connectivity index (χ0) is 24.9. The first kappa shape index (κ1) is 25.3. The molecule has 3 atom stereocenters. The van der Waals surface area contributed by atoms with Crippen LogP contribution in [-0.4, -0.2) is 68.1 Å². The summed E-state index contributed by atoms with van der Waals surface area (Å²) in [7, 11) is 3.50. The number of phenols is 5. The van der Waals surface area contributed by atoms with E-state index in [-0.39, 0.29) is 23.6 Å². The largest absolute Gasteiger partial charge is 0.504 e. The second-order valence-corrected chi connectivity index (χ2v) is 10.2. The van der Waals surface area contributed by atoms with Gasteiger partial charge in [0.2, 0.25) is 17.2 Å². The molecule has 2 aromatic rings. The van der Waals surface area contributed by atoms with Gasteiger partial charge in [-0.05, 0) is 69.3 Å². The van der Waals surface area contributed by atoms with Gasteiger partial charge in [0.25, 0.3) is 0 Å². The van der Waals surface area contributed by atoms with Gasteiger partial charge in [-0.25, -0.2) is 0 Å². The minimum Gasteiger partial charge on any atom is -0.504 e. The van der Waals surface area contributed by atoms with Gasteiger partial charge in [0.05, 0.1) is 11.2 Å². The molecule has 0 bridgehead atoms. The lowest BCUT2D eigenvalue weighted by atomic mass is 9.82. The summed E-state index contributed by atoms with van der Waals surface area (Å²) in [5.74, 6) is -4.63. The van der Waals surface area contributed by atoms with E-state index in [1.54, 1.807) is 20.0 Å². The molecule has 10 heteroatoms. The highest BCUT2D eigenvalue weighted by atomic mass is 35.5.